The molecule has 18 heavy (non-hydrogen) atoms. The molecule has 0 saturated carbocycles. The number of aromatic nitrogens is 4. The van der Waals surface area contributed by atoms with Crippen LogP contribution in [0.25, 0.3) is 16.2 Å². The minimum Gasteiger partial charge on any atom is -0.347 e. The van der Waals surface area contributed by atoms with Crippen LogP contribution in [0.4, 0.5) is 5.13 Å². The van der Waals surface area contributed by atoms with E-state index < -0.39 is 0 Å². The number of nitriles is 1. The zero-order chi connectivity index (χ0) is 12.4. The number of nitrogens with zero attached hydrogens (tertiary/aromatic N) is 5. The molecule has 0 bridgehead atoms. The van der Waals surface area contributed by atoms with Gasteiger partial charge in [0.05, 0.1) is 18.0 Å². The fourth-order valence-corrected chi connectivity index (χ4v) is 2.32. The van der Waals surface area contributed by atoms with Crippen LogP contribution >= 0.6 is 11.3 Å². The molecule has 0 fully saturated rings. The van der Waals surface area contributed by atoms with Crippen molar-refractivity contribution in [2.75, 3.05) is 11.9 Å². The summed E-state index contributed by atoms with van der Waals surface area (Å²) in [4.78, 5) is 9.31. The van der Waals surface area contributed by atoms with Gasteiger partial charge < -0.3 is 5.32 Å². The van der Waals surface area contributed by atoms with Gasteiger partial charge in [0.25, 0.3) is 0 Å². The van der Waals surface area contributed by atoms with Crippen molar-refractivity contribution < 1.29 is 0 Å². The molecule has 3 rings (SSSR count). The minimum atomic E-state index is 0.242. The molecule has 0 aliphatic heterocycles. The maximum absolute atomic E-state index is 8.48. The minimum absolute atomic E-state index is 0.242. The monoisotopic (exact) mass is 256 g/mol. The molecule has 88 valence electrons. The predicted molar refractivity (Wildman–Crippen MR) is 68.2 cm³/mol. The van der Waals surface area contributed by atoms with Crippen molar-refractivity contribution in [2.24, 2.45) is 0 Å². The van der Waals surface area contributed by atoms with Gasteiger partial charge in [-0.2, -0.15) is 5.26 Å². The first kappa shape index (κ1) is 10.7. The Labute approximate surface area is 107 Å². The van der Waals surface area contributed by atoms with Crippen molar-refractivity contribution in [3.63, 3.8) is 0 Å². The van der Waals surface area contributed by atoms with Gasteiger partial charge in [-0.3, -0.25) is 4.98 Å². The van der Waals surface area contributed by atoms with E-state index in [4.69, 9.17) is 5.26 Å². The van der Waals surface area contributed by atoms with Crippen molar-refractivity contribution in [3.8, 4) is 17.3 Å². The van der Waals surface area contributed by atoms with E-state index in [1.807, 2.05) is 24.4 Å². The Bertz CT molecular complexity index is 677. The molecular weight excluding hydrogens is 248 g/mol. The maximum atomic E-state index is 8.48. The number of hydrogen-bond acceptors (Lipinski definition) is 6. The largest absolute Gasteiger partial charge is 0.347 e. The van der Waals surface area contributed by atoms with E-state index in [0.717, 1.165) is 16.2 Å². The highest BCUT2D eigenvalue weighted by Crippen LogP contribution is 2.23. The molecule has 3 aromatic heterocycles. The quantitative estimate of drug-likeness (QED) is 0.723. The zero-order valence-corrected chi connectivity index (χ0v) is 10.1. The number of imidazole rings is 1. The first-order valence-corrected chi connectivity index (χ1v) is 6.06. The third-order valence-electron chi connectivity index (χ3n) is 2.32. The predicted octanol–water partition coefficient (Wildman–Crippen LogP) is 1.79. The summed E-state index contributed by atoms with van der Waals surface area (Å²) in [5, 5.41) is 16.4. The number of fused-ring (bicyclic) bond motifs is 1. The summed E-state index contributed by atoms with van der Waals surface area (Å²) in [6, 6.07) is 5.83. The van der Waals surface area contributed by atoms with E-state index in [1.54, 1.807) is 16.9 Å². The van der Waals surface area contributed by atoms with Crippen LogP contribution in [-0.4, -0.2) is 26.1 Å². The van der Waals surface area contributed by atoms with Gasteiger partial charge in [0.2, 0.25) is 10.1 Å². The van der Waals surface area contributed by atoms with Gasteiger partial charge in [0, 0.05) is 18.0 Å². The van der Waals surface area contributed by atoms with Crippen LogP contribution in [0.2, 0.25) is 0 Å². The lowest BCUT2D eigenvalue weighted by atomic mass is 10.2. The lowest BCUT2D eigenvalue weighted by Crippen LogP contribution is -1.97. The van der Waals surface area contributed by atoms with Gasteiger partial charge >= 0.3 is 0 Å². The van der Waals surface area contributed by atoms with Gasteiger partial charge in [0.15, 0.2) is 0 Å². The van der Waals surface area contributed by atoms with Crippen molar-refractivity contribution in [2.45, 2.75) is 0 Å². The van der Waals surface area contributed by atoms with E-state index in [2.05, 4.69) is 20.4 Å². The fraction of sp³-hybridized carbons (Fsp3) is 0.0909. The summed E-state index contributed by atoms with van der Waals surface area (Å²) in [5.74, 6) is 0. The van der Waals surface area contributed by atoms with Crippen molar-refractivity contribution >= 4 is 21.4 Å². The third-order valence-corrected chi connectivity index (χ3v) is 3.20. The van der Waals surface area contributed by atoms with E-state index in [0.29, 0.717) is 5.13 Å². The Morgan fingerprint density at radius 2 is 2.44 bits per heavy atom. The second-order valence-corrected chi connectivity index (χ2v) is 4.47. The van der Waals surface area contributed by atoms with Crippen LogP contribution in [0, 0.1) is 11.3 Å². The third kappa shape index (κ3) is 1.89. The summed E-state index contributed by atoms with van der Waals surface area (Å²) in [6.45, 7) is 0.242. The first-order chi connectivity index (χ1) is 8.86. The number of hydrogen-bond donors (Lipinski definition) is 1. The van der Waals surface area contributed by atoms with Crippen LogP contribution in [-0.2, 0) is 0 Å². The van der Waals surface area contributed by atoms with E-state index >= 15 is 0 Å². The first-order valence-electron chi connectivity index (χ1n) is 5.24. The molecule has 0 unspecified atom stereocenters. The molecule has 0 aliphatic rings. The SMILES string of the molecule is N#CCNc1nn2cc(-c3cccnc3)nc2s1. The molecule has 0 aliphatic carbocycles. The number of pyridine rings is 1. The summed E-state index contributed by atoms with van der Waals surface area (Å²) in [7, 11) is 0. The Kier molecular flexibility index (Phi) is 2.63. The van der Waals surface area contributed by atoms with Gasteiger partial charge in [-0.1, -0.05) is 11.3 Å². The average molecular weight is 256 g/mol. The summed E-state index contributed by atoms with van der Waals surface area (Å²) >= 11 is 1.41. The molecule has 7 heteroatoms. The highest BCUT2D eigenvalue weighted by atomic mass is 32.1. The second-order valence-electron chi connectivity index (χ2n) is 3.51. The zero-order valence-electron chi connectivity index (χ0n) is 9.24. The molecule has 0 atom stereocenters. The highest BCUT2D eigenvalue weighted by molar-refractivity contribution is 7.20. The molecular formula is C11H8N6S. The molecule has 3 aromatic rings. The average Bonchev–Trinajstić information content (AvgIpc) is 2.95. The molecule has 1 N–H and O–H groups in total. The molecule has 6 nitrogen and oxygen atoms in total. The summed E-state index contributed by atoms with van der Waals surface area (Å²) < 4.78 is 1.70. The smallest absolute Gasteiger partial charge is 0.214 e. The van der Waals surface area contributed by atoms with E-state index in [9.17, 15) is 0 Å². The van der Waals surface area contributed by atoms with Crippen LogP contribution < -0.4 is 5.32 Å². The van der Waals surface area contributed by atoms with Crippen molar-refractivity contribution in [3.05, 3.63) is 30.7 Å². The lowest BCUT2D eigenvalue weighted by Gasteiger charge is -1.93. The Morgan fingerprint density at radius 1 is 1.50 bits per heavy atom. The number of rotatable bonds is 3. The molecule has 0 aromatic carbocycles. The van der Waals surface area contributed by atoms with Gasteiger partial charge in [-0.05, 0) is 12.1 Å². The number of anilines is 1. The van der Waals surface area contributed by atoms with Gasteiger partial charge in [0.1, 0.15) is 6.54 Å². The van der Waals surface area contributed by atoms with Gasteiger partial charge in [-0.25, -0.2) is 9.50 Å². The summed E-state index contributed by atoms with van der Waals surface area (Å²) in [5.41, 5.74) is 1.80. The van der Waals surface area contributed by atoms with E-state index in [-0.39, 0.29) is 6.54 Å². The standard InChI is InChI=1S/C11H8N6S/c12-3-5-14-10-16-17-7-9(15-11(17)18-10)8-2-1-4-13-6-8/h1-2,4,6-7H,5H2,(H,14,16). The van der Waals surface area contributed by atoms with Crippen LogP contribution in [0.5, 0.6) is 0 Å². The van der Waals surface area contributed by atoms with Crippen LogP contribution in [0.15, 0.2) is 30.7 Å². The topological polar surface area (TPSA) is 78.9 Å². The summed E-state index contributed by atoms with van der Waals surface area (Å²) in [6.07, 6.45) is 5.34. The molecule has 0 amide bonds. The molecule has 0 radical (unpaired) electrons. The van der Waals surface area contributed by atoms with Crippen molar-refractivity contribution in [1.82, 2.24) is 19.6 Å². The number of nitrogens with one attached hydrogen (secondary N) is 1. The normalized spacial score (nSPS) is 10.4. The Hall–Kier alpha value is -2.46. The Morgan fingerprint density at radius 3 is 3.17 bits per heavy atom. The van der Waals surface area contributed by atoms with Crippen LogP contribution in [0.3, 0.4) is 0 Å². The fourth-order valence-electron chi connectivity index (χ4n) is 1.54. The maximum Gasteiger partial charge on any atom is 0.214 e. The molecule has 0 saturated heterocycles. The van der Waals surface area contributed by atoms with E-state index in [1.165, 1.54) is 11.3 Å². The Balaban J connectivity index is 1.94. The van der Waals surface area contributed by atoms with Crippen molar-refractivity contribution in [1.29, 1.82) is 5.26 Å². The molecule has 0 spiro atoms. The van der Waals surface area contributed by atoms with Gasteiger partial charge in [-0.15, -0.1) is 5.10 Å². The van der Waals surface area contributed by atoms with Crippen LogP contribution in [0.1, 0.15) is 0 Å². The highest BCUT2D eigenvalue weighted by Gasteiger charge is 2.09. The second kappa shape index (κ2) is 4.43. The lowest BCUT2D eigenvalue weighted by molar-refractivity contribution is 0.972. The molecule has 3 heterocycles.